The number of carbonyl (C=O) groups is 1. The first-order valence-corrected chi connectivity index (χ1v) is 10.2. The number of para-hydroxylation sites is 1. The smallest absolute Gasteiger partial charge is 0.361 e. The molecule has 0 spiro atoms. The van der Waals surface area contributed by atoms with Crippen molar-refractivity contribution >= 4 is 16.9 Å². The molecule has 0 atom stereocenters. The molecule has 1 aromatic heterocycles. The van der Waals surface area contributed by atoms with Crippen molar-refractivity contribution in [1.82, 2.24) is 15.2 Å². The van der Waals surface area contributed by atoms with Gasteiger partial charge in [0.2, 0.25) is 0 Å². The summed E-state index contributed by atoms with van der Waals surface area (Å²) in [5.41, 5.74) is 1.95. The molecule has 1 fully saturated rings. The molecule has 31 heavy (non-hydrogen) atoms. The van der Waals surface area contributed by atoms with E-state index >= 15 is 0 Å². The van der Waals surface area contributed by atoms with Crippen LogP contribution in [0.5, 0.6) is 0 Å². The molecule has 2 aromatic carbocycles. The molecule has 2 N–H and O–H groups in total. The molecule has 1 saturated heterocycles. The standard InChI is InChI=1S/C24H22F3N3O/c25-24(26,27)19-7-3-5-17(15-19)6-4-12-28-23(31)30-13-10-18(11-14-30)21-16-29-22-9-2-1-8-20(21)22/h1-3,5,7-9,15-16,18,29H,10-14H2,(H,28,31). The fourth-order valence-corrected chi connectivity index (χ4v) is 3.98. The van der Waals surface area contributed by atoms with E-state index in [0.29, 0.717) is 19.0 Å². The van der Waals surface area contributed by atoms with E-state index in [1.807, 2.05) is 12.1 Å². The van der Waals surface area contributed by atoms with Crippen LogP contribution in [0, 0.1) is 11.8 Å². The lowest BCUT2D eigenvalue weighted by atomic mass is 9.89. The van der Waals surface area contributed by atoms with Crippen molar-refractivity contribution in [2.24, 2.45) is 0 Å². The summed E-state index contributed by atoms with van der Waals surface area (Å²) in [6.45, 7) is 1.38. The summed E-state index contributed by atoms with van der Waals surface area (Å²) in [6.07, 6.45) is -0.574. The second-order valence-electron chi connectivity index (χ2n) is 7.59. The average Bonchev–Trinajstić information content (AvgIpc) is 3.20. The topological polar surface area (TPSA) is 48.1 Å². The van der Waals surface area contributed by atoms with Crippen LogP contribution >= 0.6 is 0 Å². The molecule has 1 aliphatic heterocycles. The number of fused-ring (bicyclic) bond motifs is 1. The Labute approximate surface area is 178 Å². The van der Waals surface area contributed by atoms with Crippen LogP contribution in [-0.4, -0.2) is 35.5 Å². The molecule has 3 aromatic rings. The molecule has 160 valence electrons. The van der Waals surface area contributed by atoms with Crippen molar-refractivity contribution in [3.05, 3.63) is 71.4 Å². The molecule has 7 heteroatoms. The van der Waals surface area contributed by atoms with Crippen LogP contribution in [0.1, 0.15) is 35.4 Å². The average molecular weight is 425 g/mol. The van der Waals surface area contributed by atoms with Crippen molar-refractivity contribution in [3.8, 4) is 11.8 Å². The largest absolute Gasteiger partial charge is 0.416 e. The number of aromatic nitrogens is 1. The van der Waals surface area contributed by atoms with Crippen molar-refractivity contribution in [2.75, 3.05) is 19.6 Å². The number of aromatic amines is 1. The Hall–Kier alpha value is -3.40. The van der Waals surface area contributed by atoms with Gasteiger partial charge in [0.05, 0.1) is 12.1 Å². The summed E-state index contributed by atoms with van der Waals surface area (Å²) in [7, 11) is 0. The van der Waals surface area contributed by atoms with Crippen LogP contribution in [0.4, 0.5) is 18.0 Å². The summed E-state index contributed by atoms with van der Waals surface area (Å²) >= 11 is 0. The van der Waals surface area contributed by atoms with Gasteiger partial charge in [-0.1, -0.05) is 36.1 Å². The first kappa shape index (κ1) is 20.9. The summed E-state index contributed by atoms with van der Waals surface area (Å²) in [5, 5.41) is 3.96. The highest BCUT2D eigenvalue weighted by Gasteiger charge is 2.30. The number of benzene rings is 2. The van der Waals surface area contributed by atoms with E-state index in [1.54, 1.807) is 4.90 Å². The first-order chi connectivity index (χ1) is 14.9. The van der Waals surface area contributed by atoms with Crippen LogP contribution in [-0.2, 0) is 6.18 Å². The number of likely N-dealkylation sites (tertiary alicyclic amines) is 1. The molecular formula is C24H22F3N3O. The number of urea groups is 1. The molecule has 0 bridgehead atoms. The Balaban J connectivity index is 1.28. The van der Waals surface area contributed by atoms with Gasteiger partial charge in [0.15, 0.2) is 0 Å². The third-order valence-electron chi connectivity index (χ3n) is 5.59. The Morgan fingerprint density at radius 2 is 1.90 bits per heavy atom. The highest BCUT2D eigenvalue weighted by molar-refractivity contribution is 5.83. The molecule has 2 amide bonds. The predicted molar refractivity (Wildman–Crippen MR) is 114 cm³/mol. The minimum atomic E-state index is -4.40. The highest BCUT2D eigenvalue weighted by atomic mass is 19.4. The molecule has 0 saturated carbocycles. The molecule has 0 aliphatic carbocycles. The van der Waals surface area contributed by atoms with E-state index in [1.165, 1.54) is 23.1 Å². The number of nitrogens with zero attached hydrogens (tertiary/aromatic N) is 1. The lowest BCUT2D eigenvalue weighted by molar-refractivity contribution is -0.137. The monoisotopic (exact) mass is 425 g/mol. The number of halogens is 3. The molecule has 4 rings (SSSR count). The predicted octanol–water partition coefficient (Wildman–Crippen LogP) is 5.13. The Morgan fingerprint density at radius 3 is 2.68 bits per heavy atom. The van der Waals surface area contributed by atoms with E-state index in [9.17, 15) is 18.0 Å². The number of rotatable bonds is 2. The molecule has 0 radical (unpaired) electrons. The Kier molecular flexibility index (Phi) is 5.90. The SMILES string of the molecule is O=C(NCC#Cc1cccc(C(F)(F)F)c1)N1CCC(c2c[nH]c3ccccc23)CC1. The quantitative estimate of drug-likeness (QED) is 0.550. The van der Waals surface area contributed by atoms with Gasteiger partial charge in [-0.25, -0.2) is 4.79 Å². The van der Waals surface area contributed by atoms with Crippen LogP contribution in [0.15, 0.2) is 54.7 Å². The number of hydrogen-bond acceptors (Lipinski definition) is 1. The lowest BCUT2D eigenvalue weighted by Gasteiger charge is -2.31. The third-order valence-corrected chi connectivity index (χ3v) is 5.59. The second kappa shape index (κ2) is 8.76. The van der Waals surface area contributed by atoms with Crippen LogP contribution in [0.3, 0.4) is 0 Å². The fourth-order valence-electron chi connectivity index (χ4n) is 3.98. The highest BCUT2D eigenvalue weighted by Crippen LogP contribution is 2.33. The van der Waals surface area contributed by atoms with E-state index in [-0.39, 0.29) is 18.1 Å². The van der Waals surface area contributed by atoms with Gasteiger partial charge in [0.25, 0.3) is 0 Å². The van der Waals surface area contributed by atoms with Gasteiger partial charge < -0.3 is 15.2 Å². The Bertz CT molecular complexity index is 1130. The van der Waals surface area contributed by atoms with Crippen molar-refractivity contribution in [1.29, 1.82) is 0 Å². The van der Waals surface area contributed by atoms with Crippen molar-refractivity contribution in [2.45, 2.75) is 24.9 Å². The van der Waals surface area contributed by atoms with Gasteiger partial charge in [-0.2, -0.15) is 13.2 Å². The van der Waals surface area contributed by atoms with E-state index in [2.05, 4.69) is 40.5 Å². The maximum atomic E-state index is 12.7. The number of amides is 2. The summed E-state index contributed by atoms with van der Waals surface area (Å²) in [6, 6.07) is 12.9. The number of alkyl halides is 3. The van der Waals surface area contributed by atoms with Gasteiger partial charge in [-0.3, -0.25) is 0 Å². The normalized spacial score (nSPS) is 14.9. The summed E-state index contributed by atoms with van der Waals surface area (Å²) < 4.78 is 38.2. The number of hydrogen-bond donors (Lipinski definition) is 2. The fraction of sp³-hybridized carbons (Fsp3) is 0.292. The zero-order chi connectivity index (χ0) is 21.8. The van der Waals surface area contributed by atoms with Crippen molar-refractivity contribution < 1.29 is 18.0 Å². The molecule has 2 heterocycles. The molecular weight excluding hydrogens is 403 g/mol. The van der Waals surface area contributed by atoms with Crippen LogP contribution < -0.4 is 5.32 Å². The maximum absolute atomic E-state index is 12.7. The first-order valence-electron chi connectivity index (χ1n) is 10.2. The van der Waals surface area contributed by atoms with E-state index in [0.717, 1.165) is 30.5 Å². The molecule has 0 unspecified atom stereocenters. The van der Waals surface area contributed by atoms with Gasteiger partial charge >= 0.3 is 12.2 Å². The zero-order valence-corrected chi connectivity index (χ0v) is 16.8. The van der Waals surface area contributed by atoms with E-state index in [4.69, 9.17) is 0 Å². The lowest BCUT2D eigenvalue weighted by Crippen LogP contribution is -2.44. The van der Waals surface area contributed by atoms with E-state index < -0.39 is 11.7 Å². The maximum Gasteiger partial charge on any atom is 0.416 e. The van der Waals surface area contributed by atoms with Gasteiger partial charge in [-0.15, -0.1) is 0 Å². The summed E-state index contributed by atoms with van der Waals surface area (Å²) in [5.74, 6) is 5.80. The zero-order valence-electron chi connectivity index (χ0n) is 16.8. The third kappa shape index (κ3) is 4.85. The number of nitrogens with one attached hydrogen (secondary N) is 2. The van der Waals surface area contributed by atoms with Gasteiger partial charge in [0.1, 0.15) is 0 Å². The Morgan fingerprint density at radius 1 is 1.13 bits per heavy atom. The number of H-pyrrole nitrogens is 1. The van der Waals surface area contributed by atoms with Crippen molar-refractivity contribution in [3.63, 3.8) is 0 Å². The van der Waals surface area contributed by atoms with Gasteiger partial charge in [0, 0.05) is 35.8 Å². The minimum absolute atomic E-state index is 0.0808. The summed E-state index contributed by atoms with van der Waals surface area (Å²) in [4.78, 5) is 17.5. The van der Waals surface area contributed by atoms with Gasteiger partial charge in [-0.05, 0) is 48.6 Å². The van der Waals surface area contributed by atoms with Crippen LogP contribution in [0.2, 0.25) is 0 Å². The van der Waals surface area contributed by atoms with Crippen LogP contribution in [0.25, 0.3) is 10.9 Å². The molecule has 4 nitrogen and oxygen atoms in total. The second-order valence-corrected chi connectivity index (χ2v) is 7.59. The molecule has 1 aliphatic rings. The number of piperidine rings is 1. The number of carbonyl (C=O) groups excluding carboxylic acids is 1. The minimum Gasteiger partial charge on any atom is -0.361 e.